The number of nitrogens with zero attached hydrogens (tertiary/aromatic N) is 5. The van der Waals surface area contributed by atoms with E-state index in [1.54, 1.807) is 11.1 Å². The van der Waals surface area contributed by atoms with Crippen LogP contribution in [0.3, 0.4) is 0 Å². The van der Waals surface area contributed by atoms with Gasteiger partial charge in [-0.1, -0.05) is 17.8 Å². The number of carbonyl (C=O) groups is 1. The number of thioether (sulfide) groups is 1. The minimum absolute atomic E-state index is 0.00486. The minimum atomic E-state index is -4.52. The number of pyridine rings is 1. The molecule has 1 amide bonds. The Bertz CT molecular complexity index is 751. The zero-order valence-electron chi connectivity index (χ0n) is 13.7. The SMILES string of the molecule is O=C(CSc1nccc(C(F)(F)F)n1)N1CCN(c2ccccn2)CC1. The lowest BCUT2D eigenvalue weighted by Crippen LogP contribution is -2.49. The van der Waals surface area contributed by atoms with E-state index in [-0.39, 0.29) is 16.8 Å². The number of hydrogen-bond acceptors (Lipinski definition) is 6. The Labute approximate surface area is 152 Å². The Hall–Kier alpha value is -2.36. The summed E-state index contributed by atoms with van der Waals surface area (Å²) in [6.45, 7) is 2.40. The Morgan fingerprint density at radius 2 is 1.85 bits per heavy atom. The highest BCUT2D eigenvalue weighted by Crippen LogP contribution is 2.28. The second-order valence-corrected chi connectivity index (χ2v) is 6.51. The summed E-state index contributed by atoms with van der Waals surface area (Å²) < 4.78 is 37.9. The molecule has 1 aliphatic rings. The minimum Gasteiger partial charge on any atom is -0.353 e. The maximum absolute atomic E-state index is 12.6. The predicted octanol–water partition coefficient (Wildman–Crippen LogP) is 2.33. The molecule has 0 aliphatic carbocycles. The van der Waals surface area contributed by atoms with Gasteiger partial charge in [0.2, 0.25) is 5.91 Å². The lowest BCUT2D eigenvalue weighted by Gasteiger charge is -2.35. The number of halogens is 3. The zero-order valence-corrected chi connectivity index (χ0v) is 14.5. The summed E-state index contributed by atoms with van der Waals surface area (Å²) in [4.78, 5) is 27.6. The number of anilines is 1. The number of amides is 1. The molecule has 2 aromatic rings. The number of rotatable bonds is 4. The van der Waals surface area contributed by atoms with Crippen LogP contribution in [0.2, 0.25) is 0 Å². The highest BCUT2D eigenvalue weighted by atomic mass is 32.2. The first-order valence-electron chi connectivity index (χ1n) is 7.90. The topological polar surface area (TPSA) is 62.2 Å². The third-order valence-corrected chi connectivity index (χ3v) is 4.70. The Kier molecular flexibility index (Phi) is 5.60. The second-order valence-electron chi connectivity index (χ2n) is 5.57. The van der Waals surface area contributed by atoms with E-state index in [2.05, 4.69) is 19.9 Å². The molecular formula is C16H16F3N5OS. The van der Waals surface area contributed by atoms with Gasteiger partial charge in [0.1, 0.15) is 11.5 Å². The van der Waals surface area contributed by atoms with Crippen LogP contribution in [0.4, 0.5) is 19.0 Å². The molecule has 0 spiro atoms. The van der Waals surface area contributed by atoms with Crippen LogP contribution in [-0.4, -0.2) is 57.7 Å². The van der Waals surface area contributed by atoms with E-state index < -0.39 is 11.9 Å². The molecule has 0 bridgehead atoms. The van der Waals surface area contributed by atoms with Crippen LogP contribution >= 0.6 is 11.8 Å². The monoisotopic (exact) mass is 383 g/mol. The quantitative estimate of drug-likeness (QED) is 0.597. The van der Waals surface area contributed by atoms with Crippen molar-refractivity contribution in [1.82, 2.24) is 19.9 Å². The standard InChI is InChI=1S/C16H16F3N5OS/c17-16(18,19)12-4-6-21-15(22-12)26-11-14(25)24-9-7-23(8-10-24)13-3-1-2-5-20-13/h1-6H,7-11H2. The number of alkyl halides is 3. The summed E-state index contributed by atoms with van der Waals surface area (Å²) in [7, 11) is 0. The van der Waals surface area contributed by atoms with Gasteiger partial charge in [0.25, 0.3) is 0 Å². The molecule has 1 fully saturated rings. The lowest BCUT2D eigenvalue weighted by molar-refractivity contribution is -0.141. The third kappa shape index (κ3) is 4.63. The fourth-order valence-electron chi connectivity index (χ4n) is 2.51. The van der Waals surface area contributed by atoms with Crippen molar-refractivity contribution >= 4 is 23.5 Å². The van der Waals surface area contributed by atoms with Crippen LogP contribution in [0.15, 0.2) is 41.8 Å². The first kappa shape index (κ1) is 18.4. The highest BCUT2D eigenvalue weighted by molar-refractivity contribution is 7.99. The Morgan fingerprint density at radius 3 is 2.50 bits per heavy atom. The predicted molar refractivity (Wildman–Crippen MR) is 90.8 cm³/mol. The summed E-state index contributed by atoms with van der Waals surface area (Å²) in [5.74, 6) is 0.730. The molecule has 0 saturated carbocycles. The van der Waals surface area contributed by atoms with E-state index in [9.17, 15) is 18.0 Å². The fraction of sp³-hybridized carbons (Fsp3) is 0.375. The average Bonchev–Trinajstić information content (AvgIpc) is 2.66. The number of carbonyl (C=O) groups excluding carboxylic acids is 1. The van der Waals surface area contributed by atoms with Crippen molar-refractivity contribution in [3.63, 3.8) is 0 Å². The van der Waals surface area contributed by atoms with Crippen LogP contribution in [0.25, 0.3) is 0 Å². The average molecular weight is 383 g/mol. The van der Waals surface area contributed by atoms with Crippen LogP contribution in [0.1, 0.15) is 5.69 Å². The molecule has 0 unspecified atom stereocenters. The Balaban J connectivity index is 1.51. The van der Waals surface area contributed by atoms with Gasteiger partial charge in [-0.05, 0) is 18.2 Å². The summed E-state index contributed by atoms with van der Waals surface area (Å²) in [6.07, 6.45) is -1.75. The van der Waals surface area contributed by atoms with Gasteiger partial charge in [-0.3, -0.25) is 4.79 Å². The molecule has 0 aromatic carbocycles. The van der Waals surface area contributed by atoms with E-state index >= 15 is 0 Å². The van der Waals surface area contributed by atoms with Gasteiger partial charge >= 0.3 is 6.18 Å². The highest BCUT2D eigenvalue weighted by Gasteiger charge is 2.33. The van der Waals surface area contributed by atoms with E-state index in [0.717, 1.165) is 29.8 Å². The second kappa shape index (κ2) is 7.90. The van der Waals surface area contributed by atoms with Crippen molar-refractivity contribution in [3.05, 3.63) is 42.4 Å². The van der Waals surface area contributed by atoms with Gasteiger partial charge < -0.3 is 9.80 Å². The van der Waals surface area contributed by atoms with E-state index in [1.165, 1.54) is 0 Å². The van der Waals surface area contributed by atoms with Gasteiger partial charge in [0.05, 0.1) is 5.75 Å². The zero-order chi connectivity index (χ0) is 18.6. The first-order chi connectivity index (χ1) is 12.4. The molecule has 0 radical (unpaired) electrons. The molecule has 138 valence electrons. The normalized spacial score (nSPS) is 15.2. The van der Waals surface area contributed by atoms with E-state index in [4.69, 9.17) is 0 Å². The lowest BCUT2D eigenvalue weighted by atomic mass is 10.3. The van der Waals surface area contributed by atoms with Crippen LogP contribution in [-0.2, 0) is 11.0 Å². The van der Waals surface area contributed by atoms with Crippen molar-refractivity contribution in [2.45, 2.75) is 11.3 Å². The molecule has 26 heavy (non-hydrogen) atoms. The number of hydrogen-bond donors (Lipinski definition) is 0. The maximum Gasteiger partial charge on any atom is 0.433 e. The van der Waals surface area contributed by atoms with Crippen molar-refractivity contribution in [1.29, 1.82) is 0 Å². The van der Waals surface area contributed by atoms with Crippen molar-refractivity contribution in [3.8, 4) is 0 Å². The van der Waals surface area contributed by atoms with E-state index in [1.807, 2.05) is 18.2 Å². The Morgan fingerprint density at radius 1 is 1.08 bits per heavy atom. The number of aromatic nitrogens is 3. The van der Waals surface area contributed by atoms with Crippen LogP contribution in [0.5, 0.6) is 0 Å². The molecule has 1 aliphatic heterocycles. The largest absolute Gasteiger partial charge is 0.433 e. The first-order valence-corrected chi connectivity index (χ1v) is 8.89. The molecule has 0 N–H and O–H groups in total. The smallest absolute Gasteiger partial charge is 0.353 e. The summed E-state index contributed by atoms with van der Waals surface area (Å²) in [6, 6.07) is 6.48. The van der Waals surface area contributed by atoms with Crippen LogP contribution in [0, 0.1) is 0 Å². The number of piperazine rings is 1. The van der Waals surface area contributed by atoms with Crippen molar-refractivity contribution < 1.29 is 18.0 Å². The molecule has 1 saturated heterocycles. The summed E-state index contributed by atoms with van der Waals surface area (Å²) in [5.41, 5.74) is -1.01. The molecule has 0 atom stereocenters. The molecule has 10 heteroatoms. The van der Waals surface area contributed by atoms with Gasteiger partial charge in [0.15, 0.2) is 5.16 Å². The third-order valence-electron chi connectivity index (χ3n) is 3.85. The van der Waals surface area contributed by atoms with Crippen molar-refractivity contribution in [2.24, 2.45) is 0 Å². The molecule has 3 heterocycles. The van der Waals surface area contributed by atoms with Crippen molar-refractivity contribution in [2.75, 3.05) is 36.8 Å². The summed E-state index contributed by atoms with van der Waals surface area (Å²) in [5, 5.41) is -0.0553. The summed E-state index contributed by atoms with van der Waals surface area (Å²) >= 11 is 0.910. The van der Waals surface area contributed by atoms with E-state index in [0.29, 0.717) is 26.2 Å². The fourth-order valence-corrected chi connectivity index (χ4v) is 3.24. The van der Waals surface area contributed by atoms with Gasteiger partial charge in [-0.15, -0.1) is 0 Å². The van der Waals surface area contributed by atoms with Gasteiger partial charge in [0, 0.05) is 38.6 Å². The molecule has 6 nitrogen and oxygen atoms in total. The molecule has 2 aromatic heterocycles. The van der Waals surface area contributed by atoms with Crippen LogP contribution < -0.4 is 4.90 Å². The van der Waals surface area contributed by atoms with Gasteiger partial charge in [-0.25, -0.2) is 15.0 Å². The van der Waals surface area contributed by atoms with Gasteiger partial charge in [-0.2, -0.15) is 13.2 Å². The maximum atomic E-state index is 12.6. The molecule has 3 rings (SSSR count). The molecular weight excluding hydrogens is 367 g/mol.